The van der Waals surface area contributed by atoms with Crippen LogP contribution in [0.3, 0.4) is 0 Å². The van der Waals surface area contributed by atoms with Gasteiger partial charge in [0.1, 0.15) is 0 Å². The van der Waals surface area contributed by atoms with Gasteiger partial charge in [0.25, 0.3) is 0 Å². The van der Waals surface area contributed by atoms with Crippen LogP contribution in [-0.4, -0.2) is 15.8 Å². The minimum absolute atomic E-state index is 0.727. The molecule has 2 rings (SSSR count). The molecular formula is C12H12N2O. The molecule has 0 aliphatic rings. The summed E-state index contributed by atoms with van der Waals surface area (Å²) in [7, 11) is 0. The van der Waals surface area contributed by atoms with Crippen molar-refractivity contribution in [1.29, 1.82) is 0 Å². The molecule has 0 fully saturated rings. The smallest absolute Gasteiger partial charge is 0.151 e. The largest absolute Gasteiger partial charge is 0.353 e. The minimum Gasteiger partial charge on any atom is -0.353 e. The van der Waals surface area contributed by atoms with Gasteiger partial charge >= 0.3 is 0 Å². The summed E-state index contributed by atoms with van der Waals surface area (Å²) < 4.78 is 2.02. The van der Waals surface area contributed by atoms with Crippen LogP contribution in [0, 0.1) is 0 Å². The van der Waals surface area contributed by atoms with Crippen molar-refractivity contribution in [3.8, 4) is 0 Å². The van der Waals surface area contributed by atoms with Crippen molar-refractivity contribution in [1.82, 2.24) is 9.55 Å². The zero-order valence-corrected chi connectivity index (χ0v) is 8.34. The molecule has 0 aromatic carbocycles. The quantitative estimate of drug-likeness (QED) is 0.707. The van der Waals surface area contributed by atoms with Crippen molar-refractivity contribution in [2.24, 2.45) is 0 Å². The number of hydrogen-bond donors (Lipinski definition) is 0. The Balaban J connectivity index is 1.96. The zero-order chi connectivity index (χ0) is 10.5. The SMILES string of the molecule is O=Cc1ccn(CCc2ccncc2)c1. The summed E-state index contributed by atoms with van der Waals surface area (Å²) in [6.07, 6.45) is 9.18. The molecule has 2 aromatic heterocycles. The third-order valence-electron chi connectivity index (χ3n) is 2.32. The molecule has 2 heterocycles. The maximum atomic E-state index is 10.5. The van der Waals surface area contributed by atoms with Gasteiger partial charge in [0, 0.05) is 36.9 Å². The van der Waals surface area contributed by atoms with Crippen LogP contribution in [0.25, 0.3) is 0 Å². The Hall–Kier alpha value is -1.90. The second-order valence-electron chi connectivity index (χ2n) is 3.41. The molecule has 2 aromatic rings. The second-order valence-corrected chi connectivity index (χ2v) is 3.41. The predicted octanol–water partition coefficient (Wildman–Crippen LogP) is 1.94. The van der Waals surface area contributed by atoms with E-state index in [4.69, 9.17) is 0 Å². The number of rotatable bonds is 4. The lowest BCUT2D eigenvalue weighted by atomic mass is 10.2. The molecule has 0 radical (unpaired) electrons. The molecule has 0 unspecified atom stereocenters. The molecule has 0 atom stereocenters. The fraction of sp³-hybridized carbons (Fsp3) is 0.167. The Morgan fingerprint density at radius 3 is 2.73 bits per heavy atom. The molecule has 15 heavy (non-hydrogen) atoms. The second kappa shape index (κ2) is 4.55. The van der Waals surface area contributed by atoms with E-state index < -0.39 is 0 Å². The summed E-state index contributed by atoms with van der Waals surface area (Å²) in [4.78, 5) is 14.4. The Morgan fingerprint density at radius 2 is 2.07 bits per heavy atom. The van der Waals surface area contributed by atoms with E-state index in [1.807, 2.05) is 35.2 Å². The predicted molar refractivity (Wildman–Crippen MR) is 57.8 cm³/mol. The first-order chi connectivity index (χ1) is 7.38. The third kappa shape index (κ3) is 2.53. The van der Waals surface area contributed by atoms with E-state index in [2.05, 4.69) is 4.98 Å². The van der Waals surface area contributed by atoms with E-state index in [0.717, 1.165) is 24.8 Å². The van der Waals surface area contributed by atoms with Crippen LogP contribution in [0.15, 0.2) is 43.0 Å². The average molecular weight is 200 g/mol. The van der Waals surface area contributed by atoms with Gasteiger partial charge in [0.2, 0.25) is 0 Å². The Morgan fingerprint density at radius 1 is 1.27 bits per heavy atom. The first kappa shape index (κ1) is 9.65. The third-order valence-corrected chi connectivity index (χ3v) is 2.32. The molecule has 0 bridgehead atoms. The van der Waals surface area contributed by atoms with Gasteiger partial charge in [-0.2, -0.15) is 0 Å². The summed E-state index contributed by atoms with van der Waals surface area (Å²) in [5.74, 6) is 0. The van der Waals surface area contributed by atoms with E-state index >= 15 is 0 Å². The van der Waals surface area contributed by atoms with Crippen LogP contribution in [0.4, 0.5) is 0 Å². The fourth-order valence-corrected chi connectivity index (χ4v) is 1.48. The molecule has 0 saturated carbocycles. The normalized spacial score (nSPS) is 10.1. The minimum atomic E-state index is 0.727. The van der Waals surface area contributed by atoms with Crippen molar-refractivity contribution in [2.75, 3.05) is 0 Å². The highest BCUT2D eigenvalue weighted by atomic mass is 16.1. The van der Waals surface area contributed by atoms with Gasteiger partial charge in [-0.1, -0.05) is 0 Å². The highest BCUT2D eigenvalue weighted by Gasteiger charge is 1.96. The van der Waals surface area contributed by atoms with E-state index in [9.17, 15) is 4.79 Å². The monoisotopic (exact) mass is 200 g/mol. The van der Waals surface area contributed by atoms with Gasteiger partial charge < -0.3 is 4.57 Å². The lowest BCUT2D eigenvalue weighted by molar-refractivity contribution is 0.112. The number of aromatic nitrogens is 2. The fourth-order valence-electron chi connectivity index (χ4n) is 1.48. The molecule has 0 aliphatic heterocycles. The first-order valence-corrected chi connectivity index (χ1v) is 4.88. The first-order valence-electron chi connectivity index (χ1n) is 4.88. The van der Waals surface area contributed by atoms with E-state index in [1.165, 1.54) is 5.56 Å². The van der Waals surface area contributed by atoms with Crippen LogP contribution in [0.1, 0.15) is 15.9 Å². The Kier molecular flexibility index (Phi) is 2.93. The van der Waals surface area contributed by atoms with Crippen molar-refractivity contribution in [3.63, 3.8) is 0 Å². The standard InChI is InChI=1S/C12H12N2O/c15-10-12-4-8-14(9-12)7-3-11-1-5-13-6-2-11/h1-2,4-6,8-10H,3,7H2. The number of aldehydes is 1. The Bertz CT molecular complexity index is 434. The van der Waals surface area contributed by atoms with E-state index in [1.54, 1.807) is 12.4 Å². The van der Waals surface area contributed by atoms with Crippen LogP contribution in [0.5, 0.6) is 0 Å². The number of carbonyl (C=O) groups is 1. The maximum absolute atomic E-state index is 10.5. The van der Waals surface area contributed by atoms with Crippen LogP contribution >= 0.6 is 0 Å². The summed E-state index contributed by atoms with van der Waals surface area (Å²) in [5, 5.41) is 0. The molecule has 76 valence electrons. The van der Waals surface area contributed by atoms with Crippen molar-refractivity contribution in [3.05, 3.63) is 54.1 Å². The van der Waals surface area contributed by atoms with Gasteiger partial charge in [-0.15, -0.1) is 0 Å². The van der Waals surface area contributed by atoms with Gasteiger partial charge in [0.15, 0.2) is 6.29 Å². The van der Waals surface area contributed by atoms with E-state index in [-0.39, 0.29) is 0 Å². The molecular weight excluding hydrogens is 188 g/mol. The number of pyridine rings is 1. The zero-order valence-electron chi connectivity index (χ0n) is 8.34. The highest BCUT2D eigenvalue weighted by molar-refractivity contribution is 5.74. The van der Waals surface area contributed by atoms with Gasteiger partial charge in [-0.3, -0.25) is 9.78 Å². The van der Waals surface area contributed by atoms with Crippen LogP contribution in [0.2, 0.25) is 0 Å². The van der Waals surface area contributed by atoms with E-state index in [0.29, 0.717) is 0 Å². The van der Waals surface area contributed by atoms with Gasteiger partial charge in [-0.05, 0) is 30.2 Å². The summed E-state index contributed by atoms with van der Waals surface area (Å²) in [6, 6.07) is 5.83. The molecule has 3 nitrogen and oxygen atoms in total. The summed E-state index contributed by atoms with van der Waals surface area (Å²) in [5.41, 5.74) is 1.98. The molecule has 0 saturated heterocycles. The maximum Gasteiger partial charge on any atom is 0.151 e. The lowest BCUT2D eigenvalue weighted by Gasteiger charge is -2.02. The molecule has 0 spiro atoms. The van der Waals surface area contributed by atoms with Gasteiger partial charge in [-0.25, -0.2) is 0 Å². The summed E-state index contributed by atoms with van der Waals surface area (Å²) >= 11 is 0. The molecule has 0 aliphatic carbocycles. The van der Waals surface area contributed by atoms with Crippen LogP contribution < -0.4 is 0 Å². The molecule has 0 amide bonds. The van der Waals surface area contributed by atoms with Crippen molar-refractivity contribution in [2.45, 2.75) is 13.0 Å². The average Bonchev–Trinajstić information content (AvgIpc) is 2.76. The highest BCUT2D eigenvalue weighted by Crippen LogP contribution is 2.02. The van der Waals surface area contributed by atoms with Gasteiger partial charge in [0.05, 0.1) is 0 Å². The number of carbonyl (C=O) groups excluding carboxylic acids is 1. The van der Waals surface area contributed by atoms with Crippen molar-refractivity contribution >= 4 is 6.29 Å². The number of nitrogens with zero attached hydrogens (tertiary/aromatic N) is 2. The summed E-state index contributed by atoms with van der Waals surface area (Å²) in [6.45, 7) is 0.887. The lowest BCUT2D eigenvalue weighted by Crippen LogP contribution is -1.98. The Labute approximate surface area is 88.4 Å². The molecule has 0 N–H and O–H groups in total. The number of aryl methyl sites for hydroxylation is 2. The number of hydrogen-bond acceptors (Lipinski definition) is 2. The molecule has 3 heteroatoms. The van der Waals surface area contributed by atoms with Crippen LogP contribution in [-0.2, 0) is 13.0 Å². The van der Waals surface area contributed by atoms with Crippen molar-refractivity contribution < 1.29 is 4.79 Å². The topological polar surface area (TPSA) is 34.9 Å².